The summed E-state index contributed by atoms with van der Waals surface area (Å²) in [5.41, 5.74) is 2.00. The third-order valence-corrected chi connectivity index (χ3v) is 3.31. The van der Waals surface area contributed by atoms with Gasteiger partial charge in [0.25, 0.3) is 0 Å². The Balaban J connectivity index is 1.85. The Hall–Kier alpha value is -2.43. The number of carbonyl (C=O) groups is 1. The van der Waals surface area contributed by atoms with E-state index in [-0.39, 0.29) is 6.03 Å². The standard InChI is InChI=1S/C17H22N4O/c1-2-11-21(12-8-16-7-3-4-10-19-16)17(22)20-14-15-6-5-9-18-13-15/h3-7,9-10,13H,2,8,11-12,14H2,1H3,(H,20,22). The highest BCUT2D eigenvalue weighted by Gasteiger charge is 2.12. The molecule has 0 bridgehead atoms. The Labute approximate surface area is 131 Å². The first-order valence-corrected chi connectivity index (χ1v) is 7.61. The second-order valence-corrected chi connectivity index (χ2v) is 5.08. The number of nitrogens with one attached hydrogen (secondary N) is 1. The number of carbonyl (C=O) groups excluding carboxylic acids is 1. The fourth-order valence-corrected chi connectivity index (χ4v) is 2.17. The van der Waals surface area contributed by atoms with Crippen LogP contribution in [-0.4, -0.2) is 34.0 Å². The van der Waals surface area contributed by atoms with Gasteiger partial charge >= 0.3 is 6.03 Å². The second-order valence-electron chi connectivity index (χ2n) is 5.08. The Morgan fingerprint density at radius 3 is 2.77 bits per heavy atom. The molecule has 0 radical (unpaired) electrons. The van der Waals surface area contributed by atoms with E-state index in [1.807, 2.05) is 35.2 Å². The molecule has 2 rings (SSSR count). The summed E-state index contributed by atoms with van der Waals surface area (Å²) in [7, 11) is 0. The lowest BCUT2D eigenvalue weighted by Gasteiger charge is -2.22. The fourth-order valence-electron chi connectivity index (χ4n) is 2.17. The molecule has 0 aliphatic heterocycles. The summed E-state index contributed by atoms with van der Waals surface area (Å²) in [4.78, 5) is 22.5. The van der Waals surface area contributed by atoms with Gasteiger partial charge in [-0.3, -0.25) is 9.97 Å². The van der Waals surface area contributed by atoms with Gasteiger partial charge in [-0.15, -0.1) is 0 Å². The number of rotatable bonds is 7. The molecule has 2 amide bonds. The topological polar surface area (TPSA) is 58.1 Å². The van der Waals surface area contributed by atoms with E-state index in [0.717, 1.165) is 30.6 Å². The van der Waals surface area contributed by atoms with Crippen molar-refractivity contribution in [2.75, 3.05) is 13.1 Å². The highest BCUT2D eigenvalue weighted by Crippen LogP contribution is 2.01. The molecule has 0 fully saturated rings. The first kappa shape index (κ1) is 15.9. The molecular weight excluding hydrogens is 276 g/mol. The molecule has 0 atom stereocenters. The fraction of sp³-hybridized carbons (Fsp3) is 0.353. The van der Waals surface area contributed by atoms with Gasteiger partial charge in [0.15, 0.2) is 0 Å². The van der Waals surface area contributed by atoms with Crippen LogP contribution in [0.5, 0.6) is 0 Å². The third-order valence-electron chi connectivity index (χ3n) is 3.31. The molecule has 0 spiro atoms. The summed E-state index contributed by atoms with van der Waals surface area (Å²) in [6.45, 7) is 3.98. The van der Waals surface area contributed by atoms with Crippen LogP contribution in [0.15, 0.2) is 48.9 Å². The molecule has 0 saturated carbocycles. The van der Waals surface area contributed by atoms with Crippen LogP contribution in [0, 0.1) is 0 Å². The van der Waals surface area contributed by atoms with E-state index in [1.165, 1.54) is 0 Å². The molecule has 5 nitrogen and oxygen atoms in total. The van der Waals surface area contributed by atoms with Crippen LogP contribution in [0.2, 0.25) is 0 Å². The maximum atomic E-state index is 12.3. The van der Waals surface area contributed by atoms with Crippen LogP contribution < -0.4 is 5.32 Å². The second kappa shape index (κ2) is 8.77. The minimum Gasteiger partial charge on any atom is -0.334 e. The van der Waals surface area contributed by atoms with Gasteiger partial charge in [-0.2, -0.15) is 0 Å². The van der Waals surface area contributed by atoms with Crippen LogP contribution in [-0.2, 0) is 13.0 Å². The molecule has 5 heteroatoms. The van der Waals surface area contributed by atoms with Gasteiger partial charge in [0.2, 0.25) is 0 Å². The lowest BCUT2D eigenvalue weighted by molar-refractivity contribution is 0.198. The van der Waals surface area contributed by atoms with Gasteiger partial charge in [-0.1, -0.05) is 19.1 Å². The zero-order valence-electron chi connectivity index (χ0n) is 12.9. The molecule has 2 aromatic rings. The Morgan fingerprint density at radius 2 is 2.09 bits per heavy atom. The number of urea groups is 1. The number of pyridine rings is 2. The number of amides is 2. The highest BCUT2D eigenvalue weighted by molar-refractivity contribution is 5.74. The molecule has 0 aromatic carbocycles. The van der Waals surface area contributed by atoms with E-state index in [0.29, 0.717) is 13.1 Å². The molecule has 1 N–H and O–H groups in total. The smallest absolute Gasteiger partial charge is 0.317 e. The van der Waals surface area contributed by atoms with Crippen molar-refractivity contribution in [3.05, 3.63) is 60.2 Å². The molecule has 0 aliphatic carbocycles. The van der Waals surface area contributed by atoms with Gasteiger partial charge in [-0.25, -0.2) is 4.79 Å². The van der Waals surface area contributed by atoms with Crippen molar-refractivity contribution in [3.8, 4) is 0 Å². The van der Waals surface area contributed by atoms with Crippen molar-refractivity contribution >= 4 is 6.03 Å². The monoisotopic (exact) mass is 298 g/mol. The van der Waals surface area contributed by atoms with Crippen LogP contribution in [0.3, 0.4) is 0 Å². The van der Waals surface area contributed by atoms with Gasteiger partial charge in [0.1, 0.15) is 0 Å². The molecule has 0 unspecified atom stereocenters. The Bertz CT molecular complexity index is 559. The minimum atomic E-state index is -0.0402. The summed E-state index contributed by atoms with van der Waals surface area (Å²) in [6, 6.07) is 9.62. The van der Waals surface area contributed by atoms with Crippen molar-refractivity contribution in [1.82, 2.24) is 20.2 Å². The lowest BCUT2D eigenvalue weighted by Crippen LogP contribution is -2.41. The summed E-state index contributed by atoms with van der Waals surface area (Å²) < 4.78 is 0. The van der Waals surface area contributed by atoms with E-state index >= 15 is 0 Å². The Morgan fingerprint density at radius 1 is 1.18 bits per heavy atom. The van der Waals surface area contributed by atoms with Gasteiger partial charge in [-0.05, 0) is 30.2 Å². The largest absolute Gasteiger partial charge is 0.334 e. The van der Waals surface area contributed by atoms with Crippen LogP contribution in [0.4, 0.5) is 4.79 Å². The third kappa shape index (κ3) is 5.16. The molecule has 116 valence electrons. The average Bonchev–Trinajstić information content (AvgIpc) is 2.58. The van der Waals surface area contributed by atoms with Crippen molar-refractivity contribution in [2.45, 2.75) is 26.3 Å². The van der Waals surface area contributed by atoms with Crippen LogP contribution in [0.1, 0.15) is 24.6 Å². The number of hydrogen-bond acceptors (Lipinski definition) is 3. The number of hydrogen-bond donors (Lipinski definition) is 1. The maximum Gasteiger partial charge on any atom is 0.317 e. The Kier molecular flexibility index (Phi) is 6.36. The summed E-state index contributed by atoms with van der Waals surface area (Å²) in [6.07, 6.45) is 6.96. The van der Waals surface area contributed by atoms with Crippen molar-refractivity contribution in [1.29, 1.82) is 0 Å². The zero-order valence-corrected chi connectivity index (χ0v) is 12.9. The maximum absolute atomic E-state index is 12.3. The normalized spacial score (nSPS) is 10.2. The average molecular weight is 298 g/mol. The van der Waals surface area contributed by atoms with Crippen LogP contribution in [0.25, 0.3) is 0 Å². The SMILES string of the molecule is CCCN(CCc1ccccn1)C(=O)NCc1cccnc1. The predicted molar refractivity (Wildman–Crippen MR) is 86.3 cm³/mol. The van der Waals surface area contributed by atoms with Gasteiger partial charge in [0.05, 0.1) is 0 Å². The van der Waals surface area contributed by atoms with Crippen molar-refractivity contribution in [2.24, 2.45) is 0 Å². The van der Waals surface area contributed by atoms with Crippen molar-refractivity contribution in [3.63, 3.8) is 0 Å². The molecule has 22 heavy (non-hydrogen) atoms. The highest BCUT2D eigenvalue weighted by atomic mass is 16.2. The van der Waals surface area contributed by atoms with Crippen molar-refractivity contribution < 1.29 is 4.79 Å². The lowest BCUT2D eigenvalue weighted by atomic mass is 10.2. The molecular formula is C17H22N4O. The first-order chi connectivity index (χ1) is 10.8. The zero-order chi connectivity index (χ0) is 15.6. The van der Waals surface area contributed by atoms with E-state index in [2.05, 4.69) is 22.2 Å². The summed E-state index contributed by atoms with van der Waals surface area (Å²) >= 11 is 0. The molecule has 2 aromatic heterocycles. The van der Waals surface area contributed by atoms with E-state index in [1.54, 1.807) is 18.6 Å². The number of aromatic nitrogens is 2. The summed E-state index contributed by atoms with van der Waals surface area (Å²) in [5.74, 6) is 0. The van der Waals surface area contributed by atoms with E-state index < -0.39 is 0 Å². The molecule has 0 saturated heterocycles. The molecule has 2 heterocycles. The van der Waals surface area contributed by atoms with E-state index in [9.17, 15) is 4.79 Å². The first-order valence-electron chi connectivity index (χ1n) is 7.61. The van der Waals surface area contributed by atoms with Gasteiger partial charge in [0, 0.05) is 50.3 Å². The summed E-state index contributed by atoms with van der Waals surface area (Å²) in [5, 5.41) is 2.95. The van der Waals surface area contributed by atoms with E-state index in [4.69, 9.17) is 0 Å². The number of nitrogens with zero attached hydrogens (tertiary/aromatic N) is 3. The predicted octanol–water partition coefficient (Wildman–Crippen LogP) is 2.64. The molecule has 0 aliphatic rings. The quantitative estimate of drug-likeness (QED) is 0.855. The minimum absolute atomic E-state index is 0.0402. The van der Waals surface area contributed by atoms with Crippen LogP contribution >= 0.6 is 0 Å². The van der Waals surface area contributed by atoms with Gasteiger partial charge < -0.3 is 10.2 Å².